The Kier molecular flexibility index (Phi) is 5.92. The van der Waals surface area contributed by atoms with Crippen molar-refractivity contribution in [3.63, 3.8) is 0 Å². The van der Waals surface area contributed by atoms with Gasteiger partial charge in [0.1, 0.15) is 5.60 Å². The van der Waals surface area contributed by atoms with Gasteiger partial charge >= 0.3 is 6.09 Å². The van der Waals surface area contributed by atoms with Crippen molar-refractivity contribution in [1.82, 2.24) is 4.90 Å². The van der Waals surface area contributed by atoms with E-state index in [0.29, 0.717) is 25.1 Å². The smallest absolute Gasteiger partial charge is 0.410 e. The fourth-order valence-electron chi connectivity index (χ4n) is 2.66. The summed E-state index contributed by atoms with van der Waals surface area (Å²) in [6.07, 6.45) is 0.953. The normalized spacial score (nSPS) is 18.3. The maximum atomic E-state index is 12.5. The highest BCUT2D eigenvalue weighted by atomic mass is 32.2. The number of primary sulfonamides is 1. The monoisotopic (exact) mass is 383 g/mol. The topological polar surface area (TPSA) is 119 Å². The fourth-order valence-corrected chi connectivity index (χ4v) is 3.17. The van der Waals surface area contributed by atoms with Crippen molar-refractivity contribution >= 4 is 27.7 Å². The average Bonchev–Trinajstić information content (AvgIpc) is 2.53. The summed E-state index contributed by atoms with van der Waals surface area (Å²) in [5, 5.41) is 7.79. The maximum Gasteiger partial charge on any atom is 0.410 e. The molecule has 1 aromatic carbocycles. The van der Waals surface area contributed by atoms with E-state index in [4.69, 9.17) is 9.88 Å². The minimum absolute atomic E-state index is 0.0238. The third-order valence-corrected chi connectivity index (χ3v) is 4.82. The Morgan fingerprint density at radius 2 is 1.85 bits per heavy atom. The van der Waals surface area contributed by atoms with Crippen molar-refractivity contribution in [3.05, 3.63) is 24.3 Å². The number of piperidine rings is 1. The summed E-state index contributed by atoms with van der Waals surface area (Å²) < 4.78 is 27.9. The van der Waals surface area contributed by atoms with E-state index >= 15 is 0 Å². The lowest BCUT2D eigenvalue weighted by Crippen LogP contribution is -2.45. The Morgan fingerprint density at radius 3 is 2.38 bits per heavy atom. The number of ether oxygens (including phenoxy) is 1. The second kappa shape index (κ2) is 7.63. The Balaban J connectivity index is 1.97. The molecule has 0 spiro atoms. The van der Waals surface area contributed by atoms with E-state index < -0.39 is 21.7 Å². The first-order valence-corrected chi connectivity index (χ1v) is 9.92. The first-order valence-electron chi connectivity index (χ1n) is 8.37. The number of nitrogens with one attached hydrogen (secondary N) is 1. The SMILES string of the molecule is CC(C)(C)OC(=O)N1CCCC(C(=O)Nc2ccc(S(N)(=O)=O)cc2)C1. The quantitative estimate of drug-likeness (QED) is 0.826. The van der Waals surface area contributed by atoms with Crippen LogP contribution in [0.1, 0.15) is 33.6 Å². The lowest BCUT2D eigenvalue weighted by Gasteiger charge is -2.33. The largest absolute Gasteiger partial charge is 0.444 e. The first kappa shape index (κ1) is 20.2. The molecule has 1 saturated heterocycles. The molecule has 1 aromatic rings. The number of carbonyl (C=O) groups is 2. The molecule has 1 atom stereocenters. The molecule has 1 aliphatic heterocycles. The van der Waals surface area contributed by atoms with Gasteiger partial charge in [-0.3, -0.25) is 4.79 Å². The number of nitrogens with two attached hydrogens (primary N) is 1. The van der Waals surface area contributed by atoms with Crippen LogP contribution in [0.4, 0.5) is 10.5 Å². The molecule has 0 aliphatic carbocycles. The molecule has 0 aromatic heterocycles. The van der Waals surface area contributed by atoms with Crippen LogP contribution in [-0.4, -0.2) is 44.0 Å². The molecule has 2 amide bonds. The van der Waals surface area contributed by atoms with E-state index in [1.165, 1.54) is 24.3 Å². The lowest BCUT2D eigenvalue weighted by molar-refractivity contribution is -0.121. The molecule has 0 radical (unpaired) electrons. The van der Waals surface area contributed by atoms with E-state index in [0.717, 1.165) is 0 Å². The number of hydrogen-bond acceptors (Lipinski definition) is 5. The molecular formula is C17H25N3O5S. The molecule has 26 heavy (non-hydrogen) atoms. The highest BCUT2D eigenvalue weighted by Gasteiger charge is 2.31. The van der Waals surface area contributed by atoms with Crippen molar-refractivity contribution in [2.24, 2.45) is 11.1 Å². The van der Waals surface area contributed by atoms with Gasteiger partial charge in [-0.05, 0) is 57.9 Å². The molecule has 0 bridgehead atoms. The van der Waals surface area contributed by atoms with Crippen LogP contribution < -0.4 is 10.5 Å². The molecule has 1 fully saturated rings. The summed E-state index contributed by atoms with van der Waals surface area (Å²) in [4.78, 5) is 26.2. The van der Waals surface area contributed by atoms with Crippen molar-refractivity contribution in [3.8, 4) is 0 Å². The van der Waals surface area contributed by atoms with Gasteiger partial charge in [-0.2, -0.15) is 0 Å². The van der Waals surface area contributed by atoms with Crippen molar-refractivity contribution in [2.45, 2.75) is 44.1 Å². The summed E-state index contributed by atoms with van der Waals surface area (Å²) in [6, 6.07) is 5.62. The van der Waals surface area contributed by atoms with E-state index in [1.54, 1.807) is 25.7 Å². The number of benzene rings is 1. The molecule has 2 rings (SSSR count). The molecular weight excluding hydrogens is 358 g/mol. The molecule has 1 heterocycles. The van der Waals surface area contributed by atoms with Crippen LogP contribution in [0.25, 0.3) is 0 Å². The van der Waals surface area contributed by atoms with Crippen LogP contribution in [0.2, 0.25) is 0 Å². The number of anilines is 1. The van der Waals surface area contributed by atoms with Crippen LogP contribution >= 0.6 is 0 Å². The number of carbonyl (C=O) groups excluding carboxylic acids is 2. The Morgan fingerprint density at radius 1 is 1.23 bits per heavy atom. The summed E-state index contributed by atoms with van der Waals surface area (Å²) in [7, 11) is -3.77. The highest BCUT2D eigenvalue weighted by molar-refractivity contribution is 7.89. The standard InChI is InChI=1S/C17H25N3O5S/c1-17(2,3)25-16(22)20-10-4-5-12(11-20)15(21)19-13-6-8-14(9-7-13)26(18,23)24/h6-9,12H,4-5,10-11H2,1-3H3,(H,19,21)(H2,18,23,24). The van der Waals surface area contributed by atoms with Gasteiger partial charge in [-0.25, -0.2) is 18.4 Å². The van der Waals surface area contributed by atoms with Gasteiger partial charge in [0.15, 0.2) is 0 Å². The predicted octanol–water partition coefficient (Wildman–Crippen LogP) is 1.92. The number of hydrogen-bond donors (Lipinski definition) is 2. The van der Waals surface area contributed by atoms with Gasteiger partial charge in [-0.15, -0.1) is 0 Å². The van der Waals surface area contributed by atoms with Crippen molar-refractivity contribution in [2.75, 3.05) is 18.4 Å². The van der Waals surface area contributed by atoms with Gasteiger partial charge in [0, 0.05) is 18.8 Å². The highest BCUT2D eigenvalue weighted by Crippen LogP contribution is 2.21. The van der Waals surface area contributed by atoms with Gasteiger partial charge in [0.05, 0.1) is 10.8 Å². The first-order chi connectivity index (χ1) is 12.0. The number of rotatable bonds is 3. The van der Waals surface area contributed by atoms with Crippen LogP contribution in [0, 0.1) is 5.92 Å². The van der Waals surface area contributed by atoms with Crippen molar-refractivity contribution < 1.29 is 22.7 Å². The summed E-state index contributed by atoms with van der Waals surface area (Å²) in [5.74, 6) is -0.573. The number of amides is 2. The van der Waals surface area contributed by atoms with E-state index in [9.17, 15) is 18.0 Å². The summed E-state index contributed by atoms with van der Waals surface area (Å²) in [5.41, 5.74) is -0.117. The van der Waals surface area contributed by atoms with Crippen LogP contribution in [0.5, 0.6) is 0 Å². The number of likely N-dealkylation sites (tertiary alicyclic amines) is 1. The van der Waals surface area contributed by atoms with E-state index in [2.05, 4.69) is 5.32 Å². The zero-order valence-corrected chi connectivity index (χ0v) is 16.0. The number of nitrogens with zero attached hydrogens (tertiary/aromatic N) is 1. The second-order valence-electron chi connectivity index (χ2n) is 7.32. The summed E-state index contributed by atoms with van der Waals surface area (Å²) >= 11 is 0. The Bertz CT molecular complexity index is 769. The number of sulfonamides is 1. The minimum Gasteiger partial charge on any atom is -0.444 e. The minimum atomic E-state index is -3.77. The molecule has 0 saturated carbocycles. The van der Waals surface area contributed by atoms with Gasteiger partial charge in [0.2, 0.25) is 15.9 Å². The molecule has 8 nitrogen and oxygen atoms in total. The average molecular weight is 383 g/mol. The summed E-state index contributed by atoms with van der Waals surface area (Å²) in [6.45, 7) is 6.23. The van der Waals surface area contributed by atoms with E-state index in [1.807, 2.05) is 0 Å². The van der Waals surface area contributed by atoms with Crippen LogP contribution in [0.15, 0.2) is 29.2 Å². The van der Waals surface area contributed by atoms with Gasteiger partial charge in [-0.1, -0.05) is 0 Å². The molecule has 1 aliphatic rings. The van der Waals surface area contributed by atoms with Gasteiger partial charge in [0.25, 0.3) is 0 Å². The third-order valence-electron chi connectivity index (χ3n) is 3.89. The fraction of sp³-hybridized carbons (Fsp3) is 0.529. The van der Waals surface area contributed by atoms with E-state index in [-0.39, 0.29) is 23.3 Å². The molecule has 144 valence electrons. The van der Waals surface area contributed by atoms with Gasteiger partial charge < -0.3 is 15.0 Å². The van der Waals surface area contributed by atoms with Crippen molar-refractivity contribution in [1.29, 1.82) is 0 Å². The Labute approximate surface area is 153 Å². The van der Waals surface area contributed by atoms with Crippen LogP contribution in [-0.2, 0) is 19.6 Å². The maximum absolute atomic E-state index is 12.5. The Hall–Kier alpha value is -2.13. The zero-order valence-electron chi connectivity index (χ0n) is 15.2. The lowest BCUT2D eigenvalue weighted by atomic mass is 9.97. The second-order valence-corrected chi connectivity index (χ2v) is 8.89. The molecule has 3 N–H and O–H groups in total. The van der Waals surface area contributed by atoms with Crippen LogP contribution in [0.3, 0.4) is 0 Å². The predicted molar refractivity (Wildman–Crippen MR) is 97.0 cm³/mol. The zero-order chi connectivity index (χ0) is 19.5. The molecule has 9 heteroatoms. The molecule has 1 unspecified atom stereocenters. The third kappa shape index (κ3) is 5.70.